The SMILES string of the molecule is FC(F)Oc1cc(N2[C@@H]3CC[C@H]2CNC3)ccc1Nc1ncc(Cl)c(Nc2cccc3c2CNC3)n1. The number of aromatic nitrogens is 2. The van der Waals surface area contributed by atoms with Gasteiger partial charge < -0.3 is 30.9 Å². The molecule has 0 saturated carbocycles. The zero-order chi connectivity index (χ0) is 24.6. The molecule has 4 heterocycles. The number of halogens is 3. The lowest BCUT2D eigenvalue weighted by Crippen LogP contribution is -2.51. The van der Waals surface area contributed by atoms with Crippen molar-refractivity contribution in [2.75, 3.05) is 28.6 Å². The van der Waals surface area contributed by atoms with Crippen LogP contribution in [0.5, 0.6) is 5.75 Å². The molecule has 11 heteroatoms. The summed E-state index contributed by atoms with van der Waals surface area (Å²) in [5.74, 6) is 0.668. The van der Waals surface area contributed by atoms with E-state index in [-0.39, 0.29) is 11.7 Å². The molecule has 8 nitrogen and oxygen atoms in total. The predicted octanol–water partition coefficient (Wildman–Crippen LogP) is 4.76. The number of rotatable bonds is 7. The highest BCUT2D eigenvalue weighted by Gasteiger charge is 2.36. The molecule has 0 unspecified atom stereocenters. The second-order valence-electron chi connectivity index (χ2n) is 9.20. The van der Waals surface area contributed by atoms with Crippen molar-refractivity contribution in [1.29, 1.82) is 0 Å². The van der Waals surface area contributed by atoms with Crippen LogP contribution in [0.4, 0.5) is 37.6 Å². The van der Waals surface area contributed by atoms with E-state index in [9.17, 15) is 8.78 Å². The Morgan fingerprint density at radius 3 is 2.67 bits per heavy atom. The molecular formula is C25H26ClF2N7O. The van der Waals surface area contributed by atoms with Crippen LogP contribution in [0, 0.1) is 0 Å². The van der Waals surface area contributed by atoms with Gasteiger partial charge in [0.1, 0.15) is 5.02 Å². The summed E-state index contributed by atoms with van der Waals surface area (Å²) in [5, 5.41) is 13.4. The van der Waals surface area contributed by atoms with Crippen molar-refractivity contribution in [3.8, 4) is 5.75 Å². The highest BCUT2D eigenvalue weighted by atomic mass is 35.5. The molecule has 36 heavy (non-hydrogen) atoms. The van der Waals surface area contributed by atoms with Crippen LogP contribution in [0.25, 0.3) is 0 Å². The quantitative estimate of drug-likeness (QED) is 0.360. The van der Waals surface area contributed by atoms with E-state index in [1.807, 2.05) is 18.2 Å². The van der Waals surface area contributed by atoms with Gasteiger partial charge in [0, 0.05) is 55.7 Å². The van der Waals surface area contributed by atoms with Crippen LogP contribution in [-0.4, -0.2) is 41.8 Å². The summed E-state index contributed by atoms with van der Waals surface area (Å²) in [7, 11) is 0. The number of alkyl halides is 2. The minimum atomic E-state index is -2.96. The summed E-state index contributed by atoms with van der Waals surface area (Å²) in [6, 6.07) is 12.0. The van der Waals surface area contributed by atoms with Gasteiger partial charge in [0.05, 0.1) is 11.9 Å². The monoisotopic (exact) mass is 513 g/mol. The Morgan fingerprint density at radius 1 is 1.03 bits per heavy atom. The van der Waals surface area contributed by atoms with E-state index in [4.69, 9.17) is 16.3 Å². The Balaban J connectivity index is 1.27. The van der Waals surface area contributed by atoms with Crippen molar-refractivity contribution in [3.63, 3.8) is 0 Å². The molecule has 2 fully saturated rings. The summed E-state index contributed by atoms with van der Waals surface area (Å²) in [6.07, 6.45) is 3.64. The van der Waals surface area contributed by atoms with Gasteiger partial charge in [-0.05, 0) is 42.2 Å². The number of hydrogen-bond donors (Lipinski definition) is 4. The highest BCUT2D eigenvalue weighted by Crippen LogP contribution is 2.38. The number of fused-ring (bicyclic) bond motifs is 3. The third-order valence-electron chi connectivity index (χ3n) is 6.99. The second-order valence-corrected chi connectivity index (χ2v) is 9.60. The largest absolute Gasteiger partial charge is 0.433 e. The first kappa shape index (κ1) is 23.2. The minimum Gasteiger partial charge on any atom is -0.433 e. The molecule has 6 rings (SSSR count). The molecule has 2 aromatic carbocycles. The summed E-state index contributed by atoms with van der Waals surface area (Å²) in [4.78, 5) is 11.1. The lowest BCUT2D eigenvalue weighted by molar-refractivity contribution is -0.0493. The molecule has 2 bridgehead atoms. The van der Waals surface area contributed by atoms with Gasteiger partial charge in [0.15, 0.2) is 11.6 Å². The van der Waals surface area contributed by atoms with E-state index in [1.54, 1.807) is 12.1 Å². The van der Waals surface area contributed by atoms with E-state index < -0.39 is 6.61 Å². The van der Waals surface area contributed by atoms with E-state index in [1.165, 1.54) is 11.8 Å². The van der Waals surface area contributed by atoms with Gasteiger partial charge in [-0.1, -0.05) is 23.7 Å². The van der Waals surface area contributed by atoms with Crippen LogP contribution in [0.2, 0.25) is 5.02 Å². The molecule has 0 amide bonds. The topological polar surface area (TPSA) is 86.4 Å². The molecule has 0 radical (unpaired) electrons. The molecular weight excluding hydrogens is 488 g/mol. The van der Waals surface area contributed by atoms with Crippen LogP contribution in [0.3, 0.4) is 0 Å². The van der Waals surface area contributed by atoms with Crippen molar-refractivity contribution >= 4 is 40.4 Å². The van der Waals surface area contributed by atoms with Gasteiger partial charge in [0.2, 0.25) is 5.95 Å². The fraction of sp³-hybridized carbons (Fsp3) is 0.360. The molecule has 2 atom stereocenters. The third-order valence-corrected chi connectivity index (χ3v) is 7.27. The average Bonchev–Trinajstić information content (AvgIpc) is 3.44. The molecule has 188 valence electrons. The van der Waals surface area contributed by atoms with Gasteiger partial charge in [-0.15, -0.1) is 0 Å². The van der Waals surface area contributed by atoms with Crippen molar-refractivity contribution in [2.45, 2.75) is 44.6 Å². The predicted molar refractivity (Wildman–Crippen MR) is 136 cm³/mol. The minimum absolute atomic E-state index is 0.0421. The van der Waals surface area contributed by atoms with Crippen molar-refractivity contribution in [1.82, 2.24) is 20.6 Å². The first-order valence-corrected chi connectivity index (χ1v) is 12.4. The zero-order valence-corrected chi connectivity index (χ0v) is 20.2. The van der Waals surface area contributed by atoms with Gasteiger partial charge in [-0.3, -0.25) is 0 Å². The number of benzene rings is 2. The Hall–Kier alpha value is -3.21. The number of ether oxygens (including phenoxy) is 1. The number of hydrogen-bond acceptors (Lipinski definition) is 8. The van der Waals surface area contributed by atoms with Crippen molar-refractivity contribution in [2.24, 2.45) is 0 Å². The zero-order valence-electron chi connectivity index (χ0n) is 19.4. The average molecular weight is 514 g/mol. The number of anilines is 5. The van der Waals surface area contributed by atoms with Crippen molar-refractivity contribution < 1.29 is 13.5 Å². The first-order chi connectivity index (χ1) is 17.5. The smallest absolute Gasteiger partial charge is 0.387 e. The summed E-state index contributed by atoms with van der Waals surface area (Å²) < 4.78 is 31.5. The second kappa shape index (κ2) is 9.68. The van der Waals surface area contributed by atoms with E-state index in [0.29, 0.717) is 28.6 Å². The summed E-state index contributed by atoms with van der Waals surface area (Å²) >= 11 is 6.37. The van der Waals surface area contributed by atoms with Crippen LogP contribution < -0.4 is 30.9 Å². The molecule has 3 aliphatic rings. The molecule has 0 spiro atoms. The Morgan fingerprint density at radius 2 is 1.86 bits per heavy atom. The fourth-order valence-corrected chi connectivity index (χ4v) is 5.52. The molecule has 2 saturated heterocycles. The van der Waals surface area contributed by atoms with E-state index in [0.717, 1.165) is 56.0 Å². The third kappa shape index (κ3) is 4.52. The molecule has 4 N–H and O–H groups in total. The van der Waals surface area contributed by atoms with Crippen LogP contribution in [0.15, 0.2) is 42.6 Å². The maximum absolute atomic E-state index is 13.3. The molecule has 3 aromatic rings. The Kier molecular flexibility index (Phi) is 6.24. The molecule has 0 aliphatic carbocycles. The van der Waals surface area contributed by atoms with Gasteiger partial charge >= 0.3 is 6.61 Å². The highest BCUT2D eigenvalue weighted by molar-refractivity contribution is 6.32. The Bertz CT molecular complexity index is 1260. The molecule has 3 aliphatic heterocycles. The van der Waals surface area contributed by atoms with Gasteiger partial charge in [-0.2, -0.15) is 13.8 Å². The Labute approximate surface area is 212 Å². The maximum atomic E-state index is 13.3. The van der Waals surface area contributed by atoms with Crippen LogP contribution in [-0.2, 0) is 13.1 Å². The first-order valence-electron chi connectivity index (χ1n) is 12.0. The lowest BCUT2D eigenvalue weighted by atomic mass is 10.1. The standard InChI is InChI=1S/C25H26ClF2N7O/c26-19-13-31-25(34-23(19)32-20-3-1-2-14-9-29-12-18(14)20)33-21-7-6-15(8-22(21)36-24(27)28)35-16-4-5-17(35)11-30-10-16/h1-3,6-8,13,16-17,24,29-30H,4-5,9-12H2,(H2,31,32,33,34)/t16-,17+. The summed E-state index contributed by atoms with van der Waals surface area (Å²) in [6.45, 7) is 0.375. The van der Waals surface area contributed by atoms with Gasteiger partial charge in [0.25, 0.3) is 0 Å². The summed E-state index contributed by atoms with van der Waals surface area (Å²) in [5.41, 5.74) is 4.50. The number of nitrogens with one attached hydrogen (secondary N) is 4. The fourth-order valence-electron chi connectivity index (χ4n) is 5.38. The normalized spacial score (nSPS) is 20.5. The van der Waals surface area contributed by atoms with Gasteiger partial charge in [-0.25, -0.2) is 4.98 Å². The lowest BCUT2D eigenvalue weighted by Gasteiger charge is -2.37. The number of piperazine rings is 1. The van der Waals surface area contributed by atoms with Crippen LogP contribution in [0.1, 0.15) is 24.0 Å². The maximum Gasteiger partial charge on any atom is 0.387 e. The van der Waals surface area contributed by atoms with Crippen molar-refractivity contribution in [3.05, 3.63) is 58.7 Å². The number of nitrogens with zero attached hydrogens (tertiary/aromatic N) is 3. The van der Waals surface area contributed by atoms with E-state index in [2.05, 4.69) is 42.2 Å². The van der Waals surface area contributed by atoms with Crippen LogP contribution >= 0.6 is 11.6 Å². The molecule has 1 aromatic heterocycles. The van der Waals surface area contributed by atoms with E-state index >= 15 is 0 Å².